The summed E-state index contributed by atoms with van der Waals surface area (Å²) in [7, 11) is -3.52. The Balaban J connectivity index is 2.11. The van der Waals surface area contributed by atoms with Crippen molar-refractivity contribution in [3.63, 3.8) is 0 Å². The van der Waals surface area contributed by atoms with Gasteiger partial charge in [0.2, 0.25) is 0 Å². The second-order valence-corrected chi connectivity index (χ2v) is 6.97. The molecule has 0 aliphatic heterocycles. The zero-order valence-corrected chi connectivity index (χ0v) is 12.6. The van der Waals surface area contributed by atoms with Crippen LogP contribution in [0.25, 0.3) is 0 Å². The summed E-state index contributed by atoms with van der Waals surface area (Å²) in [6.45, 7) is 1.92. The van der Waals surface area contributed by atoms with E-state index in [1.807, 2.05) is 6.92 Å². The van der Waals surface area contributed by atoms with Crippen LogP contribution < -0.4 is 4.72 Å². The Labute approximate surface area is 119 Å². The summed E-state index contributed by atoms with van der Waals surface area (Å²) in [6, 6.07) is -0.0652. The lowest BCUT2D eigenvalue weighted by Crippen LogP contribution is -2.42. The van der Waals surface area contributed by atoms with E-state index in [4.69, 9.17) is 11.6 Å². The van der Waals surface area contributed by atoms with Gasteiger partial charge in [0.15, 0.2) is 5.03 Å². The molecule has 1 heterocycles. The summed E-state index contributed by atoms with van der Waals surface area (Å²) in [4.78, 5) is 6.86. The summed E-state index contributed by atoms with van der Waals surface area (Å²) in [5, 5.41) is 0.142. The SMILES string of the molecule is CCc1ncc(S(=O)(=O)NC2CCCCC2CCl)[nH]1. The van der Waals surface area contributed by atoms with E-state index in [0.717, 1.165) is 25.7 Å². The number of nitrogens with one attached hydrogen (secondary N) is 2. The molecule has 0 amide bonds. The van der Waals surface area contributed by atoms with Crippen LogP contribution in [0, 0.1) is 5.92 Å². The van der Waals surface area contributed by atoms with E-state index >= 15 is 0 Å². The van der Waals surface area contributed by atoms with E-state index in [0.29, 0.717) is 18.1 Å². The molecule has 0 bridgehead atoms. The van der Waals surface area contributed by atoms with Crippen molar-refractivity contribution in [2.24, 2.45) is 5.92 Å². The Morgan fingerprint density at radius 1 is 1.47 bits per heavy atom. The van der Waals surface area contributed by atoms with Gasteiger partial charge in [0.1, 0.15) is 5.82 Å². The van der Waals surface area contributed by atoms with Gasteiger partial charge in [0.05, 0.1) is 6.20 Å². The fourth-order valence-corrected chi connectivity index (χ4v) is 4.12. The monoisotopic (exact) mass is 305 g/mol. The number of aromatic amines is 1. The van der Waals surface area contributed by atoms with E-state index in [2.05, 4.69) is 14.7 Å². The van der Waals surface area contributed by atoms with Crippen molar-refractivity contribution in [1.82, 2.24) is 14.7 Å². The number of sulfonamides is 1. The lowest BCUT2D eigenvalue weighted by atomic mass is 9.86. The van der Waals surface area contributed by atoms with Gasteiger partial charge in [-0.15, -0.1) is 11.6 Å². The number of hydrogen-bond donors (Lipinski definition) is 2. The third-order valence-corrected chi connectivity index (χ3v) is 5.44. The molecule has 1 saturated carbocycles. The molecule has 2 unspecified atom stereocenters. The van der Waals surface area contributed by atoms with Crippen molar-refractivity contribution in [3.8, 4) is 0 Å². The molecule has 1 fully saturated rings. The van der Waals surface area contributed by atoms with Crippen LogP contribution >= 0.6 is 11.6 Å². The Morgan fingerprint density at radius 2 is 2.21 bits per heavy atom. The van der Waals surface area contributed by atoms with E-state index in [1.54, 1.807) is 0 Å². The molecule has 5 nitrogen and oxygen atoms in total. The maximum absolute atomic E-state index is 12.3. The predicted octanol–water partition coefficient (Wildman–Crippen LogP) is 2.05. The van der Waals surface area contributed by atoms with E-state index in [9.17, 15) is 8.42 Å². The highest BCUT2D eigenvalue weighted by Gasteiger charge is 2.29. The molecule has 0 saturated heterocycles. The number of hydrogen-bond acceptors (Lipinski definition) is 3. The standard InChI is InChI=1S/C12H20ClN3O2S/c1-2-11-14-8-12(15-11)19(17,18)16-10-6-4-3-5-9(10)7-13/h8-10,16H,2-7H2,1H3,(H,14,15). The first-order chi connectivity index (χ1) is 9.06. The molecular formula is C12H20ClN3O2S. The average Bonchev–Trinajstić information content (AvgIpc) is 2.88. The van der Waals surface area contributed by atoms with Gasteiger partial charge in [-0.3, -0.25) is 0 Å². The van der Waals surface area contributed by atoms with Crippen LogP contribution in [-0.2, 0) is 16.4 Å². The minimum absolute atomic E-state index is 0.0652. The van der Waals surface area contributed by atoms with E-state index in [-0.39, 0.29) is 17.0 Å². The quantitative estimate of drug-likeness (QED) is 0.818. The summed E-state index contributed by atoms with van der Waals surface area (Å²) in [5.41, 5.74) is 0. The molecule has 1 aliphatic rings. The maximum Gasteiger partial charge on any atom is 0.257 e. The van der Waals surface area contributed by atoms with Crippen LogP contribution in [0.2, 0.25) is 0 Å². The Kier molecular flexibility index (Phi) is 4.86. The number of rotatable bonds is 5. The van der Waals surface area contributed by atoms with Gasteiger partial charge in [-0.05, 0) is 18.8 Å². The molecular weight excluding hydrogens is 286 g/mol. The summed E-state index contributed by atoms with van der Waals surface area (Å²) in [5.74, 6) is 1.40. The average molecular weight is 306 g/mol. The Morgan fingerprint density at radius 3 is 2.84 bits per heavy atom. The minimum Gasteiger partial charge on any atom is -0.332 e. The summed E-state index contributed by atoms with van der Waals surface area (Å²) < 4.78 is 27.3. The molecule has 2 atom stereocenters. The minimum atomic E-state index is -3.52. The van der Waals surface area contributed by atoms with E-state index in [1.165, 1.54) is 6.20 Å². The van der Waals surface area contributed by atoms with Crippen molar-refractivity contribution >= 4 is 21.6 Å². The van der Waals surface area contributed by atoms with Gasteiger partial charge in [-0.25, -0.2) is 18.1 Å². The second kappa shape index (κ2) is 6.24. The van der Waals surface area contributed by atoms with Crippen LogP contribution in [-0.4, -0.2) is 30.3 Å². The number of alkyl halides is 1. The lowest BCUT2D eigenvalue weighted by molar-refractivity contribution is 0.313. The number of nitrogens with zero attached hydrogens (tertiary/aromatic N) is 1. The predicted molar refractivity (Wildman–Crippen MR) is 74.8 cm³/mol. The number of imidazole rings is 1. The van der Waals surface area contributed by atoms with Crippen LogP contribution in [0.4, 0.5) is 0 Å². The molecule has 2 N–H and O–H groups in total. The normalized spacial score (nSPS) is 24.5. The molecule has 1 aliphatic carbocycles. The number of aromatic nitrogens is 2. The topological polar surface area (TPSA) is 74.8 Å². The van der Waals surface area contributed by atoms with Crippen LogP contribution in [0.1, 0.15) is 38.4 Å². The molecule has 0 aromatic carbocycles. The Bertz CT molecular complexity index is 515. The van der Waals surface area contributed by atoms with Crippen LogP contribution in [0.15, 0.2) is 11.2 Å². The lowest BCUT2D eigenvalue weighted by Gasteiger charge is -2.30. The van der Waals surface area contributed by atoms with Gasteiger partial charge < -0.3 is 4.98 Å². The molecule has 2 rings (SSSR count). The zero-order valence-electron chi connectivity index (χ0n) is 11.0. The van der Waals surface area contributed by atoms with Gasteiger partial charge in [0, 0.05) is 18.3 Å². The fourth-order valence-electron chi connectivity index (χ4n) is 2.47. The van der Waals surface area contributed by atoms with Crippen LogP contribution in [0.3, 0.4) is 0 Å². The first kappa shape index (κ1) is 14.8. The first-order valence-electron chi connectivity index (χ1n) is 6.69. The van der Waals surface area contributed by atoms with Gasteiger partial charge in [0.25, 0.3) is 10.0 Å². The van der Waals surface area contributed by atoms with Crippen molar-refractivity contribution in [2.75, 3.05) is 5.88 Å². The molecule has 108 valence electrons. The number of aryl methyl sites for hydroxylation is 1. The van der Waals surface area contributed by atoms with Crippen molar-refractivity contribution < 1.29 is 8.42 Å². The highest BCUT2D eigenvalue weighted by molar-refractivity contribution is 7.89. The third-order valence-electron chi connectivity index (χ3n) is 3.64. The van der Waals surface area contributed by atoms with Crippen molar-refractivity contribution in [2.45, 2.75) is 50.1 Å². The number of H-pyrrole nitrogens is 1. The molecule has 19 heavy (non-hydrogen) atoms. The maximum atomic E-state index is 12.3. The zero-order chi connectivity index (χ0) is 13.9. The summed E-state index contributed by atoms with van der Waals surface area (Å²) >= 11 is 5.92. The van der Waals surface area contributed by atoms with Gasteiger partial charge >= 0.3 is 0 Å². The first-order valence-corrected chi connectivity index (χ1v) is 8.70. The Hall–Kier alpha value is -0.590. The third kappa shape index (κ3) is 3.49. The molecule has 7 heteroatoms. The molecule has 0 radical (unpaired) electrons. The molecule has 0 spiro atoms. The van der Waals surface area contributed by atoms with Crippen molar-refractivity contribution in [3.05, 3.63) is 12.0 Å². The smallest absolute Gasteiger partial charge is 0.257 e. The largest absolute Gasteiger partial charge is 0.332 e. The fraction of sp³-hybridized carbons (Fsp3) is 0.750. The highest BCUT2D eigenvalue weighted by atomic mass is 35.5. The van der Waals surface area contributed by atoms with E-state index < -0.39 is 10.0 Å². The van der Waals surface area contributed by atoms with Crippen molar-refractivity contribution in [1.29, 1.82) is 0 Å². The number of halogens is 1. The van der Waals surface area contributed by atoms with Gasteiger partial charge in [-0.1, -0.05) is 19.8 Å². The molecule has 1 aromatic rings. The summed E-state index contributed by atoms with van der Waals surface area (Å²) in [6.07, 6.45) is 6.07. The van der Waals surface area contributed by atoms with Gasteiger partial charge in [-0.2, -0.15) is 0 Å². The second-order valence-electron chi connectivity index (χ2n) is 4.97. The molecule has 1 aromatic heterocycles. The van der Waals surface area contributed by atoms with Crippen LogP contribution in [0.5, 0.6) is 0 Å². The highest BCUT2D eigenvalue weighted by Crippen LogP contribution is 2.26.